The summed E-state index contributed by atoms with van der Waals surface area (Å²) >= 11 is 13.2. The number of piperazine rings is 1. The van der Waals surface area contributed by atoms with Crippen LogP contribution in [0.3, 0.4) is 0 Å². The van der Waals surface area contributed by atoms with Gasteiger partial charge in [-0.1, -0.05) is 29.3 Å². The highest BCUT2D eigenvalue weighted by molar-refractivity contribution is 7.12. The van der Waals surface area contributed by atoms with Crippen LogP contribution in [0.1, 0.15) is 9.67 Å². The molecule has 8 heteroatoms. The minimum Gasteiger partial charge on any atom is -0.484 e. The molecule has 1 saturated heterocycles. The topological polar surface area (TPSA) is 49.9 Å². The molecule has 0 unspecified atom stereocenters. The summed E-state index contributed by atoms with van der Waals surface area (Å²) in [6, 6.07) is 8.49. The quantitative estimate of drug-likeness (QED) is 0.792. The first-order valence-electron chi connectivity index (χ1n) is 7.72. The Hall–Kier alpha value is -1.76. The summed E-state index contributed by atoms with van der Waals surface area (Å²) in [7, 11) is 0. The average molecular weight is 399 g/mol. The Kier molecular flexibility index (Phi) is 5.83. The van der Waals surface area contributed by atoms with E-state index in [9.17, 15) is 9.59 Å². The fourth-order valence-corrected chi connectivity index (χ4v) is 3.76. The molecule has 1 fully saturated rings. The Labute approximate surface area is 159 Å². The molecule has 0 saturated carbocycles. The molecule has 132 valence electrons. The van der Waals surface area contributed by atoms with Gasteiger partial charge in [-0.15, -0.1) is 11.3 Å². The standard InChI is InChI=1S/C17H16Cl2N2O3S/c18-12-8-13(19)10-14(9-12)24-11-16(22)20-3-5-21(6-4-20)17(23)15-2-1-7-25-15/h1-2,7-10H,3-6,11H2. The molecule has 2 amide bonds. The van der Waals surface area contributed by atoms with Gasteiger partial charge in [-0.3, -0.25) is 9.59 Å². The van der Waals surface area contributed by atoms with Crippen LogP contribution in [0.15, 0.2) is 35.7 Å². The molecule has 25 heavy (non-hydrogen) atoms. The first-order chi connectivity index (χ1) is 12.0. The molecule has 1 aromatic heterocycles. The number of hydrogen-bond donors (Lipinski definition) is 0. The first-order valence-corrected chi connectivity index (χ1v) is 9.36. The zero-order chi connectivity index (χ0) is 17.8. The van der Waals surface area contributed by atoms with E-state index in [0.29, 0.717) is 42.0 Å². The zero-order valence-electron chi connectivity index (χ0n) is 13.3. The third kappa shape index (κ3) is 4.66. The number of halogens is 2. The van der Waals surface area contributed by atoms with Crippen molar-refractivity contribution in [1.29, 1.82) is 0 Å². The Bertz CT molecular complexity index is 739. The summed E-state index contributed by atoms with van der Waals surface area (Å²) in [6.45, 7) is 1.94. The Morgan fingerprint density at radius 1 is 1.04 bits per heavy atom. The summed E-state index contributed by atoms with van der Waals surface area (Å²) in [5, 5.41) is 2.79. The highest BCUT2D eigenvalue weighted by Gasteiger charge is 2.25. The van der Waals surface area contributed by atoms with E-state index in [4.69, 9.17) is 27.9 Å². The van der Waals surface area contributed by atoms with E-state index in [2.05, 4.69) is 0 Å². The van der Waals surface area contributed by atoms with Crippen LogP contribution < -0.4 is 4.74 Å². The van der Waals surface area contributed by atoms with E-state index in [-0.39, 0.29) is 18.4 Å². The molecule has 0 N–H and O–H groups in total. The summed E-state index contributed by atoms with van der Waals surface area (Å²) in [6.07, 6.45) is 0. The van der Waals surface area contributed by atoms with Gasteiger partial charge in [0.05, 0.1) is 4.88 Å². The number of hydrogen-bond acceptors (Lipinski definition) is 4. The van der Waals surface area contributed by atoms with E-state index in [1.165, 1.54) is 11.3 Å². The van der Waals surface area contributed by atoms with Gasteiger partial charge in [-0.05, 0) is 29.6 Å². The molecule has 0 radical (unpaired) electrons. The zero-order valence-corrected chi connectivity index (χ0v) is 15.6. The molecule has 3 rings (SSSR count). The van der Waals surface area contributed by atoms with Crippen LogP contribution in [0.25, 0.3) is 0 Å². The van der Waals surface area contributed by atoms with Crippen molar-refractivity contribution < 1.29 is 14.3 Å². The van der Waals surface area contributed by atoms with Gasteiger partial charge in [0.2, 0.25) is 0 Å². The van der Waals surface area contributed by atoms with E-state index in [0.717, 1.165) is 4.88 Å². The molecule has 1 aliphatic rings. The molecule has 5 nitrogen and oxygen atoms in total. The van der Waals surface area contributed by atoms with E-state index in [1.54, 1.807) is 28.0 Å². The van der Waals surface area contributed by atoms with Crippen LogP contribution >= 0.6 is 34.5 Å². The van der Waals surface area contributed by atoms with Crippen LogP contribution in [-0.2, 0) is 4.79 Å². The number of ether oxygens (including phenoxy) is 1. The van der Waals surface area contributed by atoms with Crippen molar-refractivity contribution in [1.82, 2.24) is 9.80 Å². The molecule has 0 bridgehead atoms. The number of amides is 2. The molecular weight excluding hydrogens is 383 g/mol. The molecule has 0 atom stereocenters. The second-order valence-electron chi connectivity index (χ2n) is 5.54. The van der Waals surface area contributed by atoms with E-state index < -0.39 is 0 Å². The molecule has 1 aromatic carbocycles. The molecule has 2 heterocycles. The lowest BCUT2D eigenvalue weighted by Gasteiger charge is -2.34. The Morgan fingerprint density at radius 2 is 1.68 bits per heavy atom. The van der Waals surface area contributed by atoms with Crippen molar-refractivity contribution in [2.45, 2.75) is 0 Å². The number of carbonyl (C=O) groups is 2. The highest BCUT2D eigenvalue weighted by atomic mass is 35.5. The number of carbonyl (C=O) groups excluding carboxylic acids is 2. The number of thiophene rings is 1. The van der Waals surface area contributed by atoms with Crippen LogP contribution in [0.2, 0.25) is 10.0 Å². The Balaban J connectivity index is 1.49. The summed E-state index contributed by atoms with van der Waals surface area (Å²) in [5.41, 5.74) is 0. The largest absolute Gasteiger partial charge is 0.484 e. The van der Waals surface area contributed by atoms with Crippen LogP contribution in [0.4, 0.5) is 0 Å². The SMILES string of the molecule is O=C(COc1cc(Cl)cc(Cl)c1)N1CCN(C(=O)c2cccs2)CC1. The summed E-state index contributed by atoms with van der Waals surface area (Å²) < 4.78 is 5.48. The van der Waals surface area contributed by atoms with Crippen LogP contribution in [-0.4, -0.2) is 54.4 Å². The lowest BCUT2D eigenvalue weighted by Crippen LogP contribution is -2.51. The fourth-order valence-electron chi connectivity index (χ4n) is 2.56. The number of benzene rings is 1. The second kappa shape index (κ2) is 8.08. The van der Waals surface area contributed by atoms with E-state index >= 15 is 0 Å². The molecule has 0 aliphatic carbocycles. The van der Waals surface area contributed by atoms with Gasteiger partial charge in [-0.2, -0.15) is 0 Å². The van der Waals surface area contributed by atoms with Gasteiger partial charge in [-0.25, -0.2) is 0 Å². The van der Waals surface area contributed by atoms with Gasteiger partial charge in [0.25, 0.3) is 11.8 Å². The molecule has 2 aromatic rings. The van der Waals surface area contributed by atoms with Crippen molar-refractivity contribution >= 4 is 46.4 Å². The first kappa shape index (κ1) is 18.0. The average Bonchev–Trinajstić information content (AvgIpc) is 3.13. The maximum atomic E-state index is 12.3. The lowest BCUT2D eigenvalue weighted by molar-refractivity contribution is -0.134. The van der Waals surface area contributed by atoms with E-state index in [1.807, 2.05) is 17.5 Å². The molecule has 0 spiro atoms. The van der Waals surface area contributed by atoms with Crippen molar-refractivity contribution in [3.63, 3.8) is 0 Å². The van der Waals surface area contributed by atoms with Gasteiger partial charge < -0.3 is 14.5 Å². The van der Waals surface area contributed by atoms with Crippen molar-refractivity contribution in [2.75, 3.05) is 32.8 Å². The van der Waals surface area contributed by atoms with Crippen LogP contribution in [0, 0.1) is 0 Å². The third-order valence-corrected chi connectivity index (χ3v) is 5.14. The monoisotopic (exact) mass is 398 g/mol. The summed E-state index contributed by atoms with van der Waals surface area (Å²) in [5.74, 6) is 0.351. The highest BCUT2D eigenvalue weighted by Crippen LogP contribution is 2.24. The number of rotatable bonds is 4. The van der Waals surface area contributed by atoms with Crippen molar-refractivity contribution in [3.8, 4) is 5.75 Å². The third-order valence-electron chi connectivity index (χ3n) is 3.85. The maximum Gasteiger partial charge on any atom is 0.264 e. The number of nitrogens with zero attached hydrogens (tertiary/aromatic N) is 2. The lowest BCUT2D eigenvalue weighted by atomic mass is 10.3. The van der Waals surface area contributed by atoms with Gasteiger partial charge in [0.15, 0.2) is 6.61 Å². The minimum absolute atomic E-state index is 0.0203. The minimum atomic E-state index is -0.126. The Morgan fingerprint density at radius 3 is 2.28 bits per heavy atom. The second-order valence-corrected chi connectivity index (χ2v) is 7.36. The predicted octanol–water partition coefficient (Wildman–Crippen LogP) is 3.42. The normalized spacial score (nSPS) is 14.5. The van der Waals surface area contributed by atoms with Gasteiger partial charge >= 0.3 is 0 Å². The fraction of sp³-hybridized carbons (Fsp3) is 0.294. The van der Waals surface area contributed by atoms with Gasteiger partial charge in [0, 0.05) is 36.2 Å². The predicted molar refractivity (Wildman–Crippen MR) is 98.8 cm³/mol. The van der Waals surface area contributed by atoms with Crippen molar-refractivity contribution in [3.05, 3.63) is 50.6 Å². The van der Waals surface area contributed by atoms with Crippen LogP contribution in [0.5, 0.6) is 5.75 Å². The maximum absolute atomic E-state index is 12.3. The van der Waals surface area contributed by atoms with Gasteiger partial charge in [0.1, 0.15) is 5.75 Å². The van der Waals surface area contributed by atoms with Crippen molar-refractivity contribution in [2.24, 2.45) is 0 Å². The summed E-state index contributed by atoms with van der Waals surface area (Å²) in [4.78, 5) is 28.8. The molecular formula is C17H16Cl2N2O3S. The molecule has 1 aliphatic heterocycles. The smallest absolute Gasteiger partial charge is 0.264 e.